The Hall–Kier alpha value is -2.44. The summed E-state index contributed by atoms with van der Waals surface area (Å²) in [4.78, 5) is 11.7. The molecular formula is C11H14N6O. The van der Waals surface area contributed by atoms with Crippen LogP contribution in [0.5, 0.6) is 0 Å². The molecule has 7 heteroatoms. The van der Waals surface area contributed by atoms with E-state index in [-0.39, 0.29) is 11.6 Å². The van der Waals surface area contributed by atoms with Crippen molar-refractivity contribution in [3.8, 4) is 0 Å². The Morgan fingerprint density at radius 3 is 2.83 bits per heavy atom. The second kappa shape index (κ2) is 5.26. The van der Waals surface area contributed by atoms with Crippen LogP contribution in [0.25, 0.3) is 0 Å². The predicted octanol–water partition coefficient (Wildman–Crippen LogP) is -0.235. The van der Waals surface area contributed by atoms with Crippen molar-refractivity contribution in [3.05, 3.63) is 35.8 Å². The van der Waals surface area contributed by atoms with Crippen LogP contribution in [0.2, 0.25) is 0 Å². The largest absolute Gasteiger partial charge is 0.382 e. The average molecular weight is 246 g/mol. The van der Waals surface area contributed by atoms with Gasteiger partial charge in [0.05, 0.1) is 5.69 Å². The van der Waals surface area contributed by atoms with Crippen LogP contribution in [0.3, 0.4) is 0 Å². The van der Waals surface area contributed by atoms with Gasteiger partial charge in [0.25, 0.3) is 5.91 Å². The van der Waals surface area contributed by atoms with Crippen molar-refractivity contribution >= 4 is 11.7 Å². The van der Waals surface area contributed by atoms with Crippen molar-refractivity contribution in [2.24, 2.45) is 7.05 Å². The van der Waals surface area contributed by atoms with Crippen LogP contribution < -0.4 is 11.1 Å². The quantitative estimate of drug-likeness (QED) is 0.776. The monoisotopic (exact) mass is 246 g/mol. The molecule has 0 bridgehead atoms. The van der Waals surface area contributed by atoms with Crippen LogP contribution in [0.15, 0.2) is 24.4 Å². The van der Waals surface area contributed by atoms with Gasteiger partial charge in [0.2, 0.25) is 0 Å². The van der Waals surface area contributed by atoms with Gasteiger partial charge in [0.1, 0.15) is 5.82 Å². The Bertz CT molecular complexity index is 533. The van der Waals surface area contributed by atoms with Gasteiger partial charge < -0.3 is 11.1 Å². The highest BCUT2D eigenvalue weighted by Gasteiger charge is 2.07. The predicted molar refractivity (Wildman–Crippen MR) is 65.7 cm³/mol. The first-order valence-electron chi connectivity index (χ1n) is 5.51. The first-order chi connectivity index (χ1) is 8.65. The lowest BCUT2D eigenvalue weighted by atomic mass is 10.3. The number of nitrogens with two attached hydrogens (primary N) is 1. The summed E-state index contributed by atoms with van der Waals surface area (Å²) < 4.78 is 1.72. The third-order valence-corrected chi connectivity index (χ3v) is 2.35. The number of nitrogens with one attached hydrogen (secondary N) is 1. The average Bonchev–Trinajstić information content (AvgIpc) is 2.76. The maximum atomic E-state index is 11.7. The van der Waals surface area contributed by atoms with Crippen LogP contribution in [0.4, 0.5) is 5.82 Å². The fourth-order valence-corrected chi connectivity index (χ4v) is 1.45. The topological polar surface area (TPSA) is 98.7 Å². The Morgan fingerprint density at radius 1 is 1.39 bits per heavy atom. The van der Waals surface area contributed by atoms with Crippen molar-refractivity contribution in [1.29, 1.82) is 0 Å². The van der Waals surface area contributed by atoms with E-state index in [9.17, 15) is 4.79 Å². The maximum Gasteiger partial charge on any atom is 0.271 e. The molecule has 0 aliphatic heterocycles. The van der Waals surface area contributed by atoms with E-state index in [1.54, 1.807) is 16.8 Å². The van der Waals surface area contributed by atoms with Gasteiger partial charge in [0.15, 0.2) is 5.69 Å². The minimum Gasteiger partial charge on any atom is -0.382 e. The summed E-state index contributed by atoms with van der Waals surface area (Å²) in [5.41, 5.74) is 6.58. The number of carbonyl (C=O) groups excluding carboxylic acids is 1. The molecule has 0 aromatic carbocycles. The number of nitrogen functional groups attached to an aromatic ring is 1. The Kier molecular flexibility index (Phi) is 3.52. The number of rotatable bonds is 4. The smallest absolute Gasteiger partial charge is 0.271 e. The summed E-state index contributed by atoms with van der Waals surface area (Å²) in [6.45, 7) is 0.502. The number of anilines is 1. The molecule has 94 valence electrons. The summed E-state index contributed by atoms with van der Waals surface area (Å²) in [6.07, 6.45) is 2.54. The van der Waals surface area contributed by atoms with Gasteiger partial charge in [-0.1, -0.05) is 0 Å². The van der Waals surface area contributed by atoms with Gasteiger partial charge in [-0.05, 0) is 18.2 Å². The molecule has 0 radical (unpaired) electrons. The van der Waals surface area contributed by atoms with Gasteiger partial charge in [-0.2, -0.15) is 5.10 Å². The van der Waals surface area contributed by atoms with Crippen LogP contribution >= 0.6 is 0 Å². The van der Waals surface area contributed by atoms with Crippen LogP contribution in [-0.2, 0) is 13.5 Å². The van der Waals surface area contributed by atoms with Crippen LogP contribution in [0, 0.1) is 0 Å². The molecule has 7 nitrogen and oxygen atoms in total. The molecule has 0 saturated heterocycles. The van der Waals surface area contributed by atoms with Crippen molar-refractivity contribution in [3.63, 3.8) is 0 Å². The van der Waals surface area contributed by atoms with E-state index in [1.807, 2.05) is 19.3 Å². The minimum absolute atomic E-state index is 0.255. The van der Waals surface area contributed by atoms with Gasteiger partial charge in [-0.15, -0.1) is 10.2 Å². The molecule has 1 amide bonds. The number of nitrogens with zero attached hydrogens (tertiary/aromatic N) is 4. The summed E-state index contributed by atoms with van der Waals surface area (Å²) in [7, 11) is 1.85. The van der Waals surface area contributed by atoms with Crippen LogP contribution in [0.1, 0.15) is 16.2 Å². The lowest BCUT2D eigenvalue weighted by molar-refractivity contribution is 0.0948. The summed E-state index contributed by atoms with van der Waals surface area (Å²) in [5, 5.41) is 14.3. The zero-order chi connectivity index (χ0) is 13.0. The van der Waals surface area contributed by atoms with E-state index in [4.69, 9.17) is 5.73 Å². The maximum absolute atomic E-state index is 11.7. The lowest BCUT2D eigenvalue weighted by Crippen LogP contribution is -2.27. The van der Waals surface area contributed by atoms with Crippen molar-refractivity contribution < 1.29 is 4.79 Å². The molecule has 0 aliphatic rings. The molecule has 18 heavy (non-hydrogen) atoms. The van der Waals surface area contributed by atoms with E-state index in [0.717, 1.165) is 5.69 Å². The van der Waals surface area contributed by atoms with Gasteiger partial charge in [-0.3, -0.25) is 9.48 Å². The first kappa shape index (κ1) is 12.0. The second-order valence-corrected chi connectivity index (χ2v) is 3.83. The Morgan fingerprint density at radius 2 is 2.22 bits per heavy atom. The van der Waals surface area contributed by atoms with Gasteiger partial charge in [0, 0.05) is 26.2 Å². The Labute approximate surface area is 104 Å². The molecular weight excluding hydrogens is 232 g/mol. The van der Waals surface area contributed by atoms with E-state index in [0.29, 0.717) is 18.8 Å². The number of hydrogen-bond donors (Lipinski definition) is 2. The third kappa shape index (κ3) is 3.03. The third-order valence-electron chi connectivity index (χ3n) is 2.35. The van der Waals surface area contributed by atoms with Gasteiger partial charge >= 0.3 is 0 Å². The summed E-state index contributed by atoms with van der Waals surface area (Å²) >= 11 is 0. The summed E-state index contributed by atoms with van der Waals surface area (Å²) in [5.74, 6) is 0.0264. The van der Waals surface area contributed by atoms with Gasteiger partial charge in [-0.25, -0.2) is 0 Å². The summed E-state index contributed by atoms with van der Waals surface area (Å²) in [6, 6.07) is 4.99. The Balaban J connectivity index is 1.83. The molecule has 0 unspecified atom stereocenters. The number of aryl methyl sites for hydroxylation is 1. The highest BCUT2D eigenvalue weighted by molar-refractivity contribution is 5.92. The zero-order valence-electron chi connectivity index (χ0n) is 10.00. The molecule has 0 fully saturated rings. The SMILES string of the molecule is Cn1ccc(CCNC(=O)c2ccc(N)nn2)n1. The molecule has 2 aromatic rings. The number of aromatic nitrogens is 4. The highest BCUT2D eigenvalue weighted by Crippen LogP contribution is 1.98. The molecule has 2 heterocycles. The molecule has 3 N–H and O–H groups in total. The molecule has 0 spiro atoms. The number of amides is 1. The molecule has 0 aliphatic carbocycles. The molecule has 2 rings (SSSR count). The van der Waals surface area contributed by atoms with Crippen molar-refractivity contribution in [2.45, 2.75) is 6.42 Å². The lowest BCUT2D eigenvalue weighted by Gasteiger charge is -2.02. The van der Waals surface area contributed by atoms with E-state index >= 15 is 0 Å². The molecule has 2 aromatic heterocycles. The molecule has 0 saturated carbocycles. The number of hydrogen-bond acceptors (Lipinski definition) is 5. The van der Waals surface area contributed by atoms with E-state index in [1.165, 1.54) is 0 Å². The number of carbonyl (C=O) groups is 1. The van der Waals surface area contributed by atoms with Crippen molar-refractivity contribution in [2.75, 3.05) is 12.3 Å². The van der Waals surface area contributed by atoms with E-state index < -0.39 is 0 Å². The minimum atomic E-state index is -0.265. The van der Waals surface area contributed by atoms with Crippen LogP contribution in [-0.4, -0.2) is 32.4 Å². The molecule has 0 atom stereocenters. The fourth-order valence-electron chi connectivity index (χ4n) is 1.45. The normalized spacial score (nSPS) is 10.3. The van der Waals surface area contributed by atoms with E-state index in [2.05, 4.69) is 20.6 Å². The second-order valence-electron chi connectivity index (χ2n) is 3.83. The fraction of sp³-hybridized carbons (Fsp3) is 0.273. The highest BCUT2D eigenvalue weighted by atomic mass is 16.1. The zero-order valence-corrected chi connectivity index (χ0v) is 10.00. The van der Waals surface area contributed by atoms with Crippen molar-refractivity contribution in [1.82, 2.24) is 25.3 Å². The standard InChI is InChI=1S/C11H14N6O/c1-17-7-5-8(16-17)4-6-13-11(18)9-2-3-10(12)15-14-9/h2-3,5,7H,4,6H2,1H3,(H2,12,15)(H,13,18). The first-order valence-corrected chi connectivity index (χ1v) is 5.51.